The van der Waals surface area contributed by atoms with Crippen LogP contribution in [0.2, 0.25) is 0 Å². The van der Waals surface area contributed by atoms with Crippen molar-refractivity contribution in [1.82, 2.24) is 5.43 Å². The van der Waals surface area contributed by atoms with Gasteiger partial charge in [-0.2, -0.15) is 0 Å². The first kappa shape index (κ1) is 9.48. The fourth-order valence-electron chi connectivity index (χ4n) is 0.737. The molecular formula is C8H16N2. The van der Waals surface area contributed by atoms with Crippen LogP contribution in [0.15, 0.2) is 0 Å². The molecule has 2 atom stereocenters. The average molecular weight is 140 g/mol. The molecule has 2 nitrogen and oxygen atoms in total. The Morgan fingerprint density at radius 2 is 1.90 bits per heavy atom. The van der Waals surface area contributed by atoms with Crippen molar-refractivity contribution in [2.75, 3.05) is 0 Å². The average Bonchev–Trinajstić information content (AvgIpc) is 1.90. The standard InChI is InChI=1S/C8H16N2/c1-5-8(10-9)7(4)6(2)3/h1,6-8,10H,9H2,2-4H3. The van der Waals surface area contributed by atoms with Crippen molar-refractivity contribution in [2.45, 2.75) is 26.8 Å². The molecule has 58 valence electrons. The first-order valence-corrected chi connectivity index (χ1v) is 3.55. The monoisotopic (exact) mass is 140 g/mol. The number of hydrogen-bond donors (Lipinski definition) is 2. The zero-order valence-electron chi connectivity index (χ0n) is 6.89. The van der Waals surface area contributed by atoms with E-state index in [1.54, 1.807) is 0 Å². The Balaban J connectivity index is 3.92. The number of rotatable bonds is 3. The minimum atomic E-state index is -0.000000000000000444. The fraction of sp³-hybridized carbons (Fsp3) is 0.750. The summed E-state index contributed by atoms with van der Waals surface area (Å²) in [5.41, 5.74) is 2.60. The largest absolute Gasteiger partial charge is 0.270 e. The first-order valence-electron chi connectivity index (χ1n) is 3.55. The van der Waals surface area contributed by atoms with Gasteiger partial charge in [-0.25, -0.2) is 5.43 Å². The Bertz CT molecular complexity index is 124. The molecule has 0 saturated heterocycles. The van der Waals surface area contributed by atoms with Crippen LogP contribution < -0.4 is 11.3 Å². The molecule has 3 N–H and O–H groups in total. The van der Waals surface area contributed by atoms with E-state index in [1.807, 2.05) is 0 Å². The molecule has 0 aliphatic rings. The molecule has 0 rings (SSSR count). The van der Waals surface area contributed by atoms with Gasteiger partial charge in [-0.3, -0.25) is 5.84 Å². The van der Waals surface area contributed by atoms with Crippen LogP contribution in [0.25, 0.3) is 0 Å². The summed E-state index contributed by atoms with van der Waals surface area (Å²) in [4.78, 5) is 0. The molecule has 0 aromatic carbocycles. The molecule has 0 aliphatic heterocycles. The predicted molar refractivity (Wildman–Crippen MR) is 43.9 cm³/mol. The lowest BCUT2D eigenvalue weighted by Gasteiger charge is -2.21. The van der Waals surface area contributed by atoms with Crippen molar-refractivity contribution in [3.63, 3.8) is 0 Å². The Morgan fingerprint density at radius 1 is 1.40 bits per heavy atom. The Hall–Kier alpha value is -0.520. The van der Waals surface area contributed by atoms with Crippen LogP contribution in [0.3, 0.4) is 0 Å². The summed E-state index contributed by atoms with van der Waals surface area (Å²) in [7, 11) is 0. The summed E-state index contributed by atoms with van der Waals surface area (Å²) in [5.74, 6) is 8.82. The normalized spacial score (nSPS) is 16.4. The van der Waals surface area contributed by atoms with E-state index in [0.717, 1.165) is 0 Å². The lowest BCUT2D eigenvalue weighted by Crippen LogP contribution is -2.40. The highest BCUT2D eigenvalue weighted by Gasteiger charge is 2.15. The summed E-state index contributed by atoms with van der Waals surface area (Å²) in [5, 5.41) is 0. The van der Waals surface area contributed by atoms with Gasteiger partial charge in [0.15, 0.2) is 0 Å². The predicted octanol–water partition coefficient (Wildman–Crippen LogP) is 0.744. The lowest BCUT2D eigenvalue weighted by atomic mass is 9.91. The van der Waals surface area contributed by atoms with Crippen LogP contribution in [-0.4, -0.2) is 6.04 Å². The van der Waals surface area contributed by atoms with Crippen LogP contribution in [0, 0.1) is 24.2 Å². The molecule has 0 saturated carbocycles. The summed E-state index contributed by atoms with van der Waals surface area (Å²) >= 11 is 0. The van der Waals surface area contributed by atoms with Crippen molar-refractivity contribution < 1.29 is 0 Å². The van der Waals surface area contributed by atoms with Crippen LogP contribution >= 0.6 is 0 Å². The van der Waals surface area contributed by atoms with Crippen molar-refractivity contribution in [1.29, 1.82) is 0 Å². The maximum absolute atomic E-state index is 5.23. The minimum Gasteiger partial charge on any atom is -0.270 e. The highest BCUT2D eigenvalue weighted by molar-refractivity contribution is 5.00. The molecule has 0 amide bonds. The van der Waals surface area contributed by atoms with Gasteiger partial charge in [0.2, 0.25) is 0 Å². The second-order valence-corrected chi connectivity index (χ2v) is 2.91. The van der Waals surface area contributed by atoms with Crippen LogP contribution in [0.4, 0.5) is 0 Å². The molecule has 0 aromatic heterocycles. The molecule has 0 spiro atoms. The van der Waals surface area contributed by atoms with Gasteiger partial charge in [-0.15, -0.1) is 6.42 Å². The van der Waals surface area contributed by atoms with Gasteiger partial charge >= 0.3 is 0 Å². The summed E-state index contributed by atoms with van der Waals surface area (Å²) < 4.78 is 0. The van der Waals surface area contributed by atoms with E-state index in [0.29, 0.717) is 11.8 Å². The highest BCUT2D eigenvalue weighted by atomic mass is 15.2. The zero-order chi connectivity index (χ0) is 8.15. The molecular weight excluding hydrogens is 124 g/mol. The van der Waals surface area contributed by atoms with Crippen molar-refractivity contribution in [3.8, 4) is 12.3 Å². The highest BCUT2D eigenvalue weighted by Crippen LogP contribution is 2.12. The van der Waals surface area contributed by atoms with Crippen molar-refractivity contribution in [2.24, 2.45) is 17.7 Å². The molecule has 2 unspecified atom stereocenters. The summed E-state index contributed by atoms with van der Waals surface area (Å²) in [6.45, 7) is 6.35. The second kappa shape index (κ2) is 4.32. The molecule has 0 aliphatic carbocycles. The number of terminal acetylenes is 1. The molecule has 2 heteroatoms. The van der Waals surface area contributed by atoms with Gasteiger partial charge in [0.05, 0.1) is 6.04 Å². The Labute approximate surface area is 63.2 Å². The zero-order valence-corrected chi connectivity index (χ0v) is 6.89. The number of nitrogens with one attached hydrogen (secondary N) is 1. The molecule has 0 aromatic rings. The van der Waals surface area contributed by atoms with Gasteiger partial charge in [0.1, 0.15) is 0 Å². The Kier molecular flexibility index (Phi) is 4.10. The van der Waals surface area contributed by atoms with Crippen LogP contribution in [0.1, 0.15) is 20.8 Å². The van der Waals surface area contributed by atoms with E-state index in [4.69, 9.17) is 12.3 Å². The molecule has 0 bridgehead atoms. The third-order valence-corrected chi connectivity index (χ3v) is 1.94. The van der Waals surface area contributed by atoms with E-state index >= 15 is 0 Å². The fourth-order valence-corrected chi connectivity index (χ4v) is 0.737. The Morgan fingerprint density at radius 3 is 2.00 bits per heavy atom. The van der Waals surface area contributed by atoms with Gasteiger partial charge in [-0.1, -0.05) is 26.7 Å². The molecule has 0 fully saturated rings. The van der Waals surface area contributed by atoms with E-state index in [1.165, 1.54) is 0 Å². The van der Waals surface area contributed by atoms with Gasteiger partial charge < -0.3 is 0 Å². The number of hydrogen-bond acceptors (Lipinski definition) is 2. The number of hydrazine groups is 1. The smallest absolute Gasteiger partial charge is 0.0842 e. The topological polar surface area (TPSA) is 38.0 Å². The molecule has 0 radical (unpaired) electrons. The van der Waals surface area contributed by atoms with E-state index < -0.39 is 0 Å². The third kappa shape index (κ3) is 2.38. The maximum Gasteiger partial charge on any atom is 0.0842 e. The van der Waals surface area contributed by atoms with E-state index in [2.05, 4.69) is 32.1 Å². The van der Waals surface area contributed by atoms with Crippen molar-refractivity contribution >= 4 is 0 Å². The minimum absolute atomic E-state index is 0.000000000000000444. The van der Waals surface area contributed by atoms with Crippen molar-refractivity contribution in [3.05, 3.63) is 0 Å². The maximum atomic E-state index is 5.23. The van der Waals surface area contributed by atoms with Crippen LogP contribution in [0.5, 0.6) is 0 Å². The number of nitrogens with two attached hydrogens (primary N) is 1. The summed E-state index contributed by atoms with van der Waals surface area (Å²) in [6, 6.07) is -0.000000000000000444. The molecule has 0 heterocycles. The van der Waals surface area contributed by atoms with Gasteiger partial charge in [-0.05, 0) is 11.8 Å². The quantitative estimate of drug-likeness (QED) is 0.345. The first-order chi connectivity index (χ1) is 4.63. The van der Waals surface area contributed by atoms with E-state index in [-0.39, 0.29) is 6.04 Å². The van der Waals surface area contributed by atoms with E-state index in [9.17, 15) is 0 Å². The SMILES string of the molecule is C#CC(NN)C(C)C(C)C. The van der Waals surface area contributed by atoms with Gasteiger partial charge in [0, 0.05) is 0 Å². The third-order valence-electron chi connectivity index (χ3n) is 1.94. The van der Waals surface area contributed by atoms with Crippen LogP contribution in [-0.2, 0) is 0 Å². The second-order valence-electron chi connectivity index (χ2n) is 2.91. The molecule has 10 heavy (non-hydrogen) atoms. The van der Waals surface area contributed by atoms with Gasteiger partial charge in [0.25, 0.3) is 0 Å². The summed E-state index contributed by atoms with van der Waals surface area (Å²) in [6.07, 6.45) is 5.23. The lowest BCUT2D eigenvalue weighted by molar-refractivity contribution is 0.350.